The van der Waals surface area contributed by atoms with Gasteiger partial charge in [0.1, 0.15) is 17.3 Å². The van der Waals surface area contributed by atoms with Gasteiger partial charge in [0.25, 0.3) is 0 Å². The standard InChI is InChI=1S/C31H38O10/c1-15(2)19(33)25(35)39-23-20(34)21-27(3,4)40-18(32)9-11-28(21,5)17-8-12-29(6)22(16-10-13-37-14-16)38-26(36)24-31(29,41-24)30(17,23)7/h9-11,13-15,17,19,21-24,33H,8,12H2,1-7H3/t17-,19-,21+,22+,23-,24-,28-,29+,30+,31-/m1/s1. The van der Waals surface area contributed by atoms with Crippen molar-refractivity contribution in [3.8, 4) is 0 Å². The molecule has 41 heavy (non-hydrogen) atoms. The normalized spacial score (nSPS) is 44.8. The lowest BCUT2D eigenvalue weighted by molar-refractivity contribution is -0.248. The quantitative estimate of drug-likeness (QED) is 0.325. The topological polar surface area (TPSA) is 142 Å². The van der Waals surface area contributed by atoms with Crippen molar-refractivity contribution < 1.29 is 47.6 Å². The van der Waals surface area contributed by atoms with Crippen LogP contribution in [0.15, 0.2) is 35.2 Å². The van der Waals surface area contributed by atoms with Gasteiger partial charge in [0.05, 0.1) is 18.4 Å². The molecule has 0 aromatic carbocycles. The van der Waals surface area contributed by atoms with Crippen LogP contribution < -0.4 is 0 Å². The average molecular weight is 571 g/mol. The summed E-state index contributed by atoms with van der Waals surface area (Å²) < 4.78 is 29.5. The van der Waals surface area contributed by atoms with Gasteiger partial charge in [-0.2, -0.15) is 0 Å². The zero-order valence-corrected chi connectivity index (χ0v) is 24.5. The van der Waals surface area contributed by atoms with Crippen LogP contribution in [0.2, 0.25) is 0 Å². The number of ether oxygens (including phenoxy) is 4. The summed E-state index contributed by atoms with van der Waals surface area (Å²) in [5, 5.41) is 10.6. The second-order valence-electron chi connectivity index (χ2n) is 14.0. The van der Waals surface area contributed by atoms with E-state index in [0.717, 1.165) is 0 Å². The molecule has 4 heterocycles. The fourth-order valence-corrected chi connectivity index (χ4v) is 9.34. The molecule has 6 rings (SSSR count). The number of Topliss-reactive ketones (excluding diaryl/α,β-unsaturated/α-hetero) is 1. The Labute approximate surface area is 238 Å². The smallest absolute Gasteiger partial charge is 0.339 e. The third kappa shape index (κ3) is 3.37. The maximum Gasteiger partial charge on any atom is 0.339 e. The van der Waals surface area contributed by atoms with Crippen LogP contribution in [-0.2, 0) is 38.1 Å². The summed E-state index contributed by atoms with van der Waals surface area (Å²) in [4.78, 5) is 54.3. The van der Waals surface area contributed by atoms with E-state index in [9.17, 15) is 24.3 Å². The van der Waals surface area contributed by atoms with Gasteiger partial charge in [-0.05, 0) is 44.6 Å². The number of hydrogen-bond donors (Lipinski definition) is 1. The van der Waals surface area contributed by atoms with E-state index in [4.69, 9.17) is 23.4 Å². The fraction of sp³-hybridized carbons (Fsp3) is 0.677. The molecule has 0 bridgehead atoms. The van der Waals surface area contributed by atoms with E-state index >= 15 is 0 Å². The van der Waals surface area contributed by atoms with Gasteiger partial charge in [-0.3, -0.25) is 4.79 Å². The number of carbonyl (C=O) groups excluding carboxylic acids is 4. The summed E-state index contributed by atoms with van der Waals surface area (Å²) in [6.07, 6.45) is 2.71. The molecule has 1 spiro atoms. The molecular formula is C31H38O10. The van der Waals surface area contributed by atoms with Gasteiger partial charge in [-0.15, -0.1) is 0 Å². The Morgan fingerprint density at radius 2 is 1.80 bits per heavy atom. The number of aliphatic hydroxyl groups excluding tert-OH is 1. The molecule has 1 aromatic rings. The molecule has 10 heteroatoms. The van der Waals surface area contributed by atoms with Gasteiger partial charge in [0.15, 0.2) is 24.1 Å². The Bertz CT molecular complexity index is 1340. The van der Waals surface area contributed by atoms with Crippen molar-refractivity contribution in [2.24, 2.45) is 34.0 Å². The van der Waals surface area contributed by atoms with Crippen molar-refractivity contribution in [1.29, 1.82) is 0 Å². The Kier molecular flexibility index (Phi) is 5.86. The Hall–Kier alpha value is -2.98. The highest BCUT2D eigenvalue weighted by molar-refractivity contribution is 5.95. The van der Waals surface area contributed by atoms with Crippen molar-refractivity contribution in [2.45, 2.75) is 96.9 Å². The first-order valence-corrected chi connectivity index (χ1v) is 14.3. The highest BCUT2D eigenvalue weighted by Gasteiger charge is 2.89. The number of esters is 3. The van der Waals surface area contributed by atoms with E-state index in [2.05, 4.69) is 0 Å². The maximum absolute atomic E-state index is 14.8. The number of cyclic esters (lactones) is 2. The van der Waals surface area contributed by atoms with Gasteiger partial charge < -0.3 is 28.5 Å². The fourth-order valence-electron chi connectivity index (χ4n) is 9.34. The number of fused-ring (bicyclic) bond motifs is 3. The van der Waals surface area contributed by atoms with Crippen LogP contribution in [0.25, 0.3) is 0 Å². The number of ketones is 1. The summed E-state index contributed by atoms with van der Waals surface area (Å²) >= 11 is 0. The first-order valence-electron chi connectivity index (χ1n) is 14.3. The minimum atomic E-state index is -1.46. The van der Waals surface area contributed by atoms with Gasteiger partial charge >= 0.3 is 17.9 Å². The number of hydrogen-bond acceptors (Lipinski definition) is 10. The van der Waals surface area contributed by atoms with Gasteiger partial charge in [-0.25, -0.2) is 14.4 Å². The number of aliphatic hydroxyl groups is 1. The number of allylic oxidation sites excluding steroid dienone is 1. The van der Waals surface area contributed by atoms with E-state index in [1.165, 1.54) is 18.6 Å². The first kappa shape index (κ1) is 28.2. The molecule has 0 unspecified atom stereocenters. The highest BCUT2D eigenvalue weighted by Crippen LogP contribution is 2.79. The number of epoxide rings is 1. The third-order valence-electron chi connectivity index (χ3n) is 11.0. The first-order chi connectivity index (χ1) is 19.1. The zero-order chi connectivity index (χ0) is 29.9. The largest absolute Gasteiger partial charge is 0.472 e. The minimum Gasteiger partial charge on any atom is -0.472 e. The van der Waals surface area contributed by atoms with Gasteiger partial charge in [0.2, 0.25) is 0 Å². The molecule has 0 radical (unpaired) electrons. The lowest BCUT2D eigenvalue weighted by Crippen LogP contribution is -2.75. The van der Waals surface area contributed by atoms with Crippen molar-refractivity contribution in [3.05, 3.63) is 36.3 Å². The van der Waals surface area contributed by atoms with Crippen LogP contribution in [0.4, 0.5) is 0 Å². The second kappa shape index (κ2) is 8.53. The molecule has 2 saturated carbocycles. The lowest BCUT2D eigenvalue weighted by atomic mass is 9.37. The summed E-state index contributed by atoms with van der Waals surface area (Å²) in [5.74, 6) is -4.20. The number of carbonyl (C=O) groups is 4. The van der Waals surface area contributed by atoms with Gasteiger partial charge in [-0.1, -0.05) is 40.7 Å². The summed E-state index contributed by atoms with van der Waals surface area (Å²) in [7, 11) is 0. The van der Waals surface area contributed by atoms with Crippen LogP contribution in [0.3, 0.4) is 0 Å². The predicted molar refractivity (Wildman–Crippen MR) is 141 cm³/mol. The van der Waals surface area contributed by atoms with Crippen molar-refractivity contribution >= 4 is 23.7 Å². The molecule has 0 amide bonds. The third-order valence-corrected chi connectivity index (χ3v) is 11.0. The molecule has 4 fully saturated rings. The monoisotopic (exact) mass is 570 g/mol. The molecule has 222 valence electrons. The lowest BCUT2D eigenvalue weighted by Gasteiger charge is -2.66. The van der Waals surface area contributed by atoms with Crippen LogP contribution >= 0.6 is 0 Å². The molecule has 10 nitrogen and oxygen atoms in total. The summed E-state index contributed by atoms with van der Waals surface area (Å²) in [5.41, 5.74) is -4.79. The van der Waals surface area contributed by atoms with E-state index in [1.54, 1.807) is 39.8 Å². The van der Waals surface area contributed by atoms with Crippen LogP contribution in [0, 0.1) is 34.0 Å². The number of rotatable bonds is 4. The van der Waals surface area contributed by atoms with Gasteiger partial charge in [0, 0.05) is 27.9 Å². The second-order valence-corrected chi connectivity index (χ2v) is 14.0. The molecule has 2 aliphatic carbocycles. The molecule has 2 saturated heterocycles. The van der Waals surface area contributed by atoms with Crippen molar-refractivity contribution in [1.82, 2.24) is 0 Å². The predicted octanol–water partition coefficient (Wildman–Crippen LogP) is 3.46. The SMILES string of the molecule is CC(C)[C@@H](O)C(=O)O[C@@H]1C(=O)[C@H]2C(C)(C)OC(=O)C=C[C@]2(C)[C@H]2CC[C@@]3(C)[C@H](c4ccoc4)OC(=O)[C@H]4O[C@]43[C@]12C. The van der Waals surface area contributed by atoms with Crippen molar-refractivity contribution in [3.63, 3.8) is 0 Å². The van der Waals surface area contributed by atoms with E-state index in [-0.39, 0.29) is 5.92 Å². The highest BCUT2D eigenvalue weighted by atomic mass is 16.7. The Balaban J connectivity index is 1.57. The molecule has 1 aromatic heterocycles. The van der Waals surface area contributed by atoms with Crippen LogP contribution in [0.1, 0.15) is 73.0 Å². The molecule has 1 N–H and O–H groups in total. The molecular weight excluding hydrogens is 532 g/mol. The molecule has 5 aliphatic rings. The van der Waals surface area contributed by atoms with Crippen LogP contribution in [-0.4, -0.2) is 58.3 Å². The Morgan fingerprint density at radius 1 is 1.10 bits per heavy atom. The van der Waals surface area contributed by atoms with E-state index in [1.807, 2.05) is 20.8 Å². The number of furan rings is 1. The molecule has 3 aliphatic heterocycles. The maximum atomic E-state index is 14.8. The summed E-state index contributed by atoms with van der Waals surface area (Å²) in [6, 6.07) is 1.74. The summed E-state index contributed by atoms with van der Waals surface area (Å²) in [6.45, 7) is 12.5. The minimum absolute atomic E-state index is 0.384. The Morgan fingerprint density at radius 3 is 2.44 bits per heavy atom. The van der Waals surface area contributed by atoms with E-state index in [0.29, 0.717) is 18.4 Å². The van der Waals surface area contributed by atoms with Crippen LogP contribution in [0.5, 0.6) is 0 Å². The van der Waals surface area contributed by atoms with E-state index < -0.39 is 87.4 Å². The zero-order valence-electron chi connectivity index (χ0n) is 24.5. The van der Waals surface area contributed by atoms with Crippen molar-refractivity contribution in [2.75, 3.05) is 0 Å². The average Bonchev–Trinajstić information content (AvgIpc) is 3.48. The molecule has 10 atom stereocenters.